The molecule has 0 aliphatic rings. The van der Waals surface area contributed by atoms with Crippen LogP contribution in [0, 0.1) is 17.8 Å². The Morgan fingerprint density at radius 1 is 0.750 bits per heavy atom. The van der Waals surface area contributed by atoms with Crippen LogP contribution in [-0.4, -0.2) is 53.1 Å². The molecule has 256 valence electrons. The lowest BCUT2D eigenvalue weighted by atomic mass is 9.92. The molecule has 2 amide bonds. The number of benzene rings is 3. The number of amides is 2. The van der Waals surface area contributed by atoms with Gasteiger partial charge in [-0.3, -0.25) is 19.2 Å². The molecule has 0 heterocycles. The van der Waals surface area contributed by atoms with Crippen molar-refractivity contribution in [3.63, 3.8) is 0 Å². The van der Waals surface area contributed by atoms with Crippen molar-refractivity contribution in [1.29, 1.82) is 0 Å². The molecule has 0 aliphatic carbocycles. The van der Waals surface area contributed by atoms with E-state index in [1.165, 1.54) is 12.1 Å². The lowest BCUT2D eigenvalue weighted by Crippen LogP contribution is -2.46. The molecule has 0 aliphatic heterocycles. The fourth-order valence-electron chi connectivity index (χ4n) is 5.21. The van der Waals surface area contributed by atoms with Crippen LogP contribution in [0.4, 0.5) is 0 Å². The van der Waals surface area contributed by atoms with Crippen LogP contribution in [-0.2, 0) is 48.2 Å². The summed E-state index contributed by atoms with van der Waals surface area (Å²) in [7, 11) is 0. The molecule has 1 unspecified atom stereocenters. The van der Waals surface area contributed by atoms with Crippen LogP contribution in [0.15, 0.2) is 84.9 Å². The number of ketones is 2. The van der Waals surface area contributed by atoms with Gasteiger partial charge in [-0.05, 0) is 54.0 Å². The van der Waals surface area contributed by atoms with E-state index in [0.29, 0.717) is 6.42 Å². The van der Waals surface area contributed by atoms with Crippen LogP contribution in [0.25, 0.3) is 0 Å². The number of rotatable bonds is 19. The Labute approximate surface area is 282 Å². The average Bonchev–Trinajstić information content (AvgIpc) is 3.07. The van der Waals surface area contributed by atoms with Gasteiger partial charge in [0, 0.05) is 24.7 Å². The van der Waals surface area contributed by atoms with Gasteiger partial charge in [-0.2, -0.15) is 0 Å². The van der Waals surface area contributed by atoms with E-state index in [1.807, 2.05) is 74.5 Å². The Morgan fingerprint density at radius 2 is 1.33 bits per heavy atom. The molecule has 3 aromatic rings. The van der Waals surface area contributed by atoms with Gasteiger partial charge in [0.15, 0.2) is 11.6 Å². The molecule has 5 N–H and O–H groups in total. The lowest BCUT2D eigenvalue weighted by Gasteiger charge is -2.23. The Hall–Kier alpha value is -4.83. The first-order chi connectivity index (χ1) is 22.9. The number of ether oxygens (including phenoxy) is 1. The van der Waals surface area contributed by atoms with Crippen molar-refractivity contribution in [1.82, 2.24) is 10.6 Å². The van der Waals surface area contributed by atoms with Crippen molar-refractivity contribution in [2.75, 3.05) is 6.54 Å². The second-order valence-corrected chi connectivity index (χ2v) is 12.7. The third-order valence-corrected chi connectivity index (χ3v) is 7.92. The zero-order valence-electron chi connectivity index (χ0n) is 27.9. The summed E-state index contributed by atoms with van der Waals surface area (Å²) in [5.41, 5.74) is 8.51. The van der Waals surface area contributed by atoms with E-state index in [9.17, 15) is 29.1 Å². The average molecular weight is 658 g/mol. The first-order valence-electron chi connectivity index (χ1n) is 16.3. The lowest BCUT2D eigenvalue weighted by molar-refractivity contribution is -0.150. The smallest absolute Gasteiger partial charge is 0.328 e. The minimum Gasteiger partial charge on any atom is -0.508 e. The summed E-state index contributed by atoms with van der Waals surface area (Å²) < 4.78 is 5.53. The topological polar surface area (TPSA) is 165 Å². The van der Waals surface area contributed by atoms with E-state index in [4.69, 9.17) is 10.5 Å². The number of phenols is 1. The molecule has 10 heteroatoms. The molecule has 48 heavy (non-hydrogen) atoms. The van der Waals surface area contributed by atoms with E-state index in [1.54, 1.807) is 19.1 Å². The Kier molecular flexibility index (Phi) is 15.0. The molecular formula is C38H47N3O7. The number of aromatic hydroxyl groups is 1. The van der Waals surface area contributed by atoms with E-state index < -0.39 is 41.7 Å². The van der Waals surface area contributed by atoms with Crippen LogP contribution >= 0.6 is 0 Å². The highest BCUT2D eigenvalue weighted by molar-refractivity contribution is 5.93. The molecule has 3 aromatic carbocycles. The van der Waals surface area contributed by atoms with Gasteiger partial charge in [-0.1, -0.05) is 93.6 Å². The minimum atomic E-state index is -0.895. The van der Waals surface area contributed by atoms with Gasteiger partial charge in [-0.25, -0.2) is 4.79 Å². The van der Waals surface area contributed by atoms with Crippen molar-refractivity contribution >= 4 is 29.4 Å². The molecule has 4 atom stereocenters. The van der Waals surface area contributed by atoms with Crippen LogP contribution in [0.2, 0.25) is 0 Å². The minimum absolute atomic E-state index is 0.0736. The Bertz CT molecular complexity index is 1490. The summed E-state index contributed by atoms with van der Waals surface area (Å²) in [6.07, 6.45) is 0.606. The highest BCUT2D eigenvalue weighted by atomic mass is 16.5. The fraction of sp³-hybridized carbons (Fsp3) is 0.395. The highest BCUT2D eigenvalue weighted by Gasteiger charge is 2.29. The summed E-state index contributed by atoms with van der Waals surface area (Å²) in [6, 6.07) is 23.2. The number of hydrogen-bond acceptors (Lipinski definition) is 8. The standard InChI is InChI=1S/C38H47N3O7/c1-25(2)18-34(38(47)48-24-29-12-8-5-9-13-29)41-37(46)30(20-27-10-6-4-7-11-27)22-32(43)23-40-36(45)26(3)19-35(44)33(39)21-28-14-16-31(42)17-15-28/h4-17,25-26,30,33-34,42H,18-24,39H2,1-3H3,(H,40,45)(H,41,46)/t26-,30?,33+,34+/m1/s1. The molecule has 0 spiro atoms. The molecule has 0 radical (unpaired) electrons. The summed E-state index contributed by atoms with van der Waals surface area (Å²) in [4.78, 5) is 65.2. The number of carbonyl (C=O) groups excluding carboxylic acids is 5. The molecule has 0 aromatic heterocycles. The van der Waals surface area contributed by atoms with Gasteiger partial charge in [-0.15, -0.1) is 0 Å². The predicted molar refractivity (Wildman–Crippen MR) is 182 cm³/mol. The number of carbonyl (C=O) groups is 5. The monoisotopic (exact) mass is 657 g/mol. The van der Waals surface area contributed by atoms with Gasteiger partial charge in [0.25, 0.3) is 0 Å². The maximum atomic E-state index is 13.6. The SMILES string of the molecule is CC(C)C[C@H](NC(=O)C(CC(=O)CNC(=O)[C@H](C)CC(=O)[C@@H](N)Cc1ccc(O)cc1)Cc1ccccc1)C(=O)OCc1ccccc1. The number of hydrogen-bond donors (Lipinski definition) is 4. The van der Waals surface area contributed by atoms with E-state index in [2.05, 4.69) is 10.6 Å². The molecule has 0 saturated heterocycles. The zero-order valence-corrected chi connectivity index (χ0v) is 27.9. The fourth-order valence-corrected chi connectivity index (χ4v) is 5.21. The van der Waals surface area contributed by atoms with Crippen molar-refractivity contribution in [3.05, 3.63) is 102 Å². The number of nitrogens with two attached hydrogens (primary N) is 1. The highest BCUT2D eigenvalue weighted by Crippen LogP contribution is 2.17. The largest absolute Gasteiger partial charge is 0.508 e. The number of esters is 1. The van der Waals surface area contributed by atoms with Gasteiger partial charge in [0.1, 0.15) is 18.4 Å². The molecule has 0 fully saturated rings. The van der Waals surface area contributed by atoms with Crippen molar-refractivity contribution in [3.8, 4) is 5.75 Å². The molecular weight excluding hydrogens is 610 g/mol. The Morgan fingerprint density at radius 3 is 1.94 bits per heavy atom. The normalized spacial score (nSPS) is 13.5. The van der Waals surface area contributed by atoms with E-state index >= 15 is 0 Å². The van der Waals surface area contributed by atoms with Crippen LogP contribution in [0.3, 0.4) is 0 Å². The third kappa shape index (κ3) is 13.1. The first kappa shape index (κ1) is 37.6. The first-order valence-corrected chi connectivity index (χ1v) is 16.3. The summed E-state index contributed by atoms with van der Waals surface area (Å²) in [6.45, 7) is 5.22. The molecule has 10 nitrogen and oxygen atoms in total. The quantitative estimate of drug-likeness (QED) is 0.140. The number of Topliss-reactive ketones (excluding diaryl/α,β-unsaturated/α-hetero) is 2. The third-order valence-electron chi connectivity index (χ3n) is 7.92. The van der Waals surface area contributed by atoms with Crippen molar-refractivity contribution in [2.45, 2.75) is 71.6 Å². The van der Waals surface area contributed by atoms with Crippen molar-refractivity contribution in [2.24, 2.45) is 23.5 Å². The molecule has 3 rings (SSSR count). The van der Waals surface area contributed by atoms with Crippen molar-refractivity contribution < 1.29 is 33.8 Å². The molecule has 0 saturated carbocycles. The van der Waals surface area contributed by atoms with Gasteiger partial charge in [0.05, 0.1) is 12.6 Å². The second kappa shape index (κ2) is 19.1. The van der Waals surface area contributed by atoms with Crippen LogP contribution in [0.1, 0.15) is 56.7 Å². The number of nitrogens with one attached hydrogen (secondary N) is 2. The van der Waals surface area contributed by atoms with Gasteiger partial charge >= 0.3 is 5.97 Å². The van der Waals surface area contributed by atoms with Crippen LogP contribution in [0.5, 0.6) is 5.75 Å². The zero-order chi connectivity index (χ0) is 35.1. The maximum absolute atomic E-state index is 13.6. The Balaban J connectivity index is 1.58. The molecule has 0 bridgehead atoms. The summed E-state index contributed by atoms with van der Waals surface area (Å²) in [5.74, 6) is -3.48. The second-order valence-electron chi connectivity index (χ2n) is 12.7. The number of phenolic OH excluding ortho intramolecular Hbond substituents is 1. The van der Waals surface area contributed by atoms with E-state index in [0.717, 1.165) is 16.7 Å². The van der Waals surface area contributed by atoms with Crippen LogP contribution < -0.4 is 16.4 Å². The summed E-state index contributed by atoms with van der Waals surface area (Å²) in [5, 5.41) is 14.9. The predicted octanol–water partition coefficient (Wildman–Crippen LogP) is 4.07. The summed E-state index contributed by atoms with van der Waals surface area (Å²) >= 11 is 0. The van der Waals surface area contributed by atoms with Gasteiger partial charge < -0.3 is 26.2 Å². The van der Waals surface area contributed by atoms with E-state index in [-0.39, 0.29) is 62.1 Å². The van der Waals surface area contributed by atoms with Gasteiger partial charge in [0.2, 0.25) is 11.8 Å². The maximum Gasteiger partial charge on any atom is 0.328 e.